The van der Waals surface area contributed by atoms with Crippen LogP contribution in [0.3, 0.4) is 0 Å². The van der Waals surface area contributed by atoms with E-state index in [-0.39, 0.29) is 24.3 Å². The highest BCUT2D eigenvalue weighted by atomic mass is 16.6. The maximum Gasteiger partial charge on any atom is 0.414 e. The third kappa shape index (κ3) is 3.71. The Morgan fingerprint density at radius 1 is 0.848 bits per heavy atom. The highest BCUT2D eigenvalue weighted by molar-refractivity contribution is 6.21. The van der Waals surface area contributed by atoms with E-state index in [1.54, 1.807) is 72.8 Å². The lowest BCUT2D eigenvalue weighted by atomic mass is 10.1. The monoisotopic (exact) mass is 441 g/mol. The molecule has 3 aromatic rings. The first-order valence-electron chi connectivity index (χ1n) is 10.4. The summed E-state index contributed by atoms with van der Waals surface area (Å²) in [4.78, 5) is 52.5. The molecule has 2 heterocycles. The van der Waals surface area contributed by atoms with Crippen molar-refractivity contribution in [1.29, 1.82) is 0 Å². The summed E-state index contributed by atoms with van der Waals surface area (Å²) < 4.78 is 4.99. The number of anilines is 2. The zero-order chi connectivity index (χ0) is 22.9. The zero-order valence-corrected chi connectivity index (χ0v) is 17.5. The average molecular weight is 441 g/mol. The SMILES string of the molecule is O=C(Nc1ccccc1N1CCOC1=O)c1ccc(CN2C(=O)c3ccccc3C2=O)cc1. The molecule has 1 N–H and O–H groups in total. The van der Waals surface area contributed by atoms with Crippen LogP contribution in [-0.4, -0.2) is 41.9 Å². The molecule has 164 valence electrons. The Kier molecular flexibility index (Phi) is 5.10. The van der Waals surface area contributed by atoms with E-state index in [4.69, 9.17) is 4.74 Å². The van der Waals surface area contributed by atoms with Gasteiger partial charge in [0.05, 0.1) is 35.6 Å². The molecule has 4 amide bonds. The number of hydrogen-bond acceptors (Lipinski definition) is 5. The molecule has 8 heteroatoms. The van der Waals surface area contributed by atoms with Crippen LogP contribution >= 0.6 is 0 Å². The van der Waals surface area contributed by atoms with E-state index in [0.717, 1.165) is 5.56 Å². The number of ether oxygens (including phenoxy) is 1. The molecule has 0 spiro atoms. The number of para-hydroxylation sites is 2. The summed E-state index contributed by atoms with van der Waals surface area (Å²) in [5.41, 5.74) is 2.99. The van der Waals surface area contributed by atoms with Crippen LogP contribution in [-0.2, 0) is 11.3 Å². The second-order valence-corrected chi connectivity index (χ2v) is 7.68. The van der Waals surface area contributed by atoms with Crippen LogP contribution in [0.4, 0.5) is 16.2 Å². The number of benzene rings is 3. The lowest BCUT2D eigenvalue weighted by Gasteiger charge is -2.18. The fourth-order valence-corrected chi connectivity index (χ4v) is 3.95. The Balaban J connectivity index is 1.29. The quantitative estimate of drug-likeness (QED) is 0.609. The molecule has 0 unspecified atom stereocenters. The maximum absolute atomic E-state index is 12.8. The van der Waals surface area contributed by atoms with Crippen molar-refractivity contribution in [3.05, 3.63) is 95.1 Å². The van der Waals surface area contributed by atoms with Crippen molar-refractivity contribution in [2.45, 2.75) is 6.54 Å². The molecule has 0 atom stereocenters. The largest absolute Gasteiger partial charge is 0.447 e. The number of carbonyl (C=O) groups is 4. The van der Waals surface area contributed by atoms with Crippen molar-refractivity contribution in [2.24, 2.45) is 0 Å². The second kappa shape index (κ2) is 8.23. The van der Waals surface area contributed by atoms with Gasteiger partial charge in [0.25, 0.3) is 17.7 Å². The number of cyclic esters (lactones) is 1. The van der Waals surface area contributed by atoms with E-state index in [9.17, 15) is 19.2 Å². The lowest BCUT2D eigenvalue weighted by molar-refractivity contribution is 0.0641. The number of nitrogens with zero attached hydrogens (tertiary/aromatic N) is 2. The molecule has 0 aromatic heterocycles. The first-order chi connectivity index (χ1) is 16.0. The molecule has 0 bridgehead atoms. The van der Waals surface area contributed by atoms with Gasteiger partial charge >= 0.3 is 6.09 Å². The second-order valence-electron chi connectivity index (χ2n) is 7.68. The van der Waals surface area contributed by atoms with Gasteiger partial charge in [0, 0.05) is 5.56 Å². The number of nitrogens with one attached hydrogen (secondary N) is 1. The highest BCUT2D eigenvalue weighted by Gasteiger charge is 2.35. The maximum atomic E-state index is 12.8. The molecule has 0 radical (unpaired) electrons. The lowest BCUT2D eigenvalue weighted by Crippen LogP contribution is -2.29. The summed E-state index contributed by atoms with van der Waals surface area (Å²) in [6.07, 6.45) is -0.450. The zero-order valence-electron chi connectivity index (χ0n) is 17.5. The number of fused-ring (bicyclic) bond motifs is 1. The van der Waals surface area contributed by atoms with Gasteiger partial charge in [-0.05, 0) is 42.0 Å². The van der Waals surface area contributed by atoms with Gasteiger partial charge in [-0.1, -0.05) is 36.4 Å². The van der Waals surface area contributed by atoms with E-state index >= 15 is 0 Å². The van der Waals surface area contributed by atoms with E-state index in [2.05, 4.69) is 5.32 Å². The third-order valence-corrected chi connectivity index (χ3v) is 5.64. The highest BCUT2D eigenvalue weighted by Crippen LogP contribution is 2.29. The number of hydrogen-bond donors (Lipinski definition) is 1. The summed E-state index contributed by atoms with van der Waals surface area (Å²) in [7, 11) is 0. The summed E-state index contributed by atoms with van der Waals surface area (Å²) in [6.45, 7) is 0.835. The third-order valence-electron chi connectivity index (χ3n) is 5.64. The van der Waals surface area contributed by atoms with E-state index in [1.807, 2.05) is 0 Å². The van der Waals surface area contributed by atoms with Crippen molar-refractivity contribution in [1.82, 2.24) is 4.90 Å². The predicted molar refractivity (Wildman–Crippen MR) is 120 cm³/mol. The molecule has 5 rings (SSSR count). The molecule has 3 aromatic carbocycles. The molecule has 2 aliphatic rings. The number of imide groups is 1. The summed E-state index contributed by atoms with van der Waals surface area (Å²) in [5.74, 6) is -0.994. The van der Waals surface area contributed by atoms with Crippen LogP contribution in [0.2, 0.25) is 0 Å². The van der Waals surface area contributed by atoms with Gasteiger partial charge < -0.3 is 10.1 Å². The minimum Gasteiger partial charge on any atom is -0.447 e. The van der Waals surface area contributed by atoms with Gasteiger partial charge in [0.15, 0.2) is 0 Å². The number of amides is 4. The van der Waals surface area contributed by atoms with Crippen LogP contribution < -0.4 is 10.2 Å². The molecule has 2 aliphatic heterocycles. The fraction of sp³-hybridized carbons (Fsp3) is 0.120. The van der Waals surface area contributed by atoms with Crippen LogP contribution in [0.15, 0.2) is 72.8 Å². The Morgan fingerprint density at radius 2 is 1.48 bits per heavy atom. The van der Waals surface area contributed by atoms with Crippen molar-refractivity contribution in [2.75, 3.05) is 23.4 Å². The Hall–Kier alpha value is -4.46. The van der Waals surface area contributed by atoms with Gasteiger partial charge in [-0.15, -0.1) is 0 Å². The van der Waals surface area contributed by atoms with Gasteiger partial charge in [-0.25, -0.2) is 4.79 Å². The van der Waals surface area contributed by atoms with Crippen molar-refractivity contribution in [3.63, 3.8) is 0 Å². The van der Waals surface area contributed by atoms with Crippen LogP contribution in [0.1, 0.15) is 36.6 Å². The minimum atomic E-state index is -0.450. The summed E-state index contributed by atoms with van der Waals surface area (Å²) >= 11 is 0. The molecule has 33 heavy (non-hydrogen) atoms. The molecular weight excluding hydrogens is 422 g/mol. The number of carbonyl (C=O) groups excluding carboxylic acids is 4. The van der Waals surface area contributed by atoms with E-state index < -0.39 is 6.09 Å². The van der Waals surface area contributed by atoms with Crippen molar-refractivity contribution >= 4 is 35.2 Å². The molecule has 1 saturated heterocycles. The Bertz CT molecular complexity index is 1250. The number of rotatable bonds is 5. The molecular formula is C25H19N3O5. The van der Waals surface area contributed by atoms with Crippen LogP contribution in [0.5, 0.6) is 0 Å². The standard InChI is InChI=1S/C25H19N3O5/c29-22(26-20-7-3-4-8-21(20)27-13-14-33-25(27)32)17-11-9-16(10-12-17)15-28-23(30)18-5-1-2-6-19(18)24(28)31/h1-12H,13-15H2,(H,26,29). The summed E-state index contributed by atoms with van der Waals surface area (Å²) in [6, 6.07) is 20.4. The first kappa shape index (κ1) is 20.4. The Morgan fingerprint density at radius 3 is 2.12 bits per heavy atom. The van der Waals surface area contributed by atoms with Gasteiger partial charge in [0.2, 0.25) is 0 Å². The van der Waals surface area contributed by atoms with Crippen LogP contribution in [0, 0.1) is 0 Å². The average Bonchev–Trinajstić information content (AvgIpc) is 3.37. The van der Waals surface area contributed by atoms with Gasteiger partial charge in [-0.2, -0.15) is 0 Å². The first-order valence-corrected chi connectivity index (χ1v) is 10.4. The molecule has 1 fully saturated rings. The normalized spacial score (nSPS) is 15.0. The van der Waals surface area contributed by atoms with Gasteiger partial charge in [-0.3, -0.25) is 24.2 Å². The van der Waals surface area contributed by atoms with E-state index in [0.29, 0.717) is 41.2 Å². The molecule has 0 saturated carbocycles. The van der Waals surface area contributed by atoms with Crippen molar-refractivity contribution < 1.29 is 23.9 Å². The molecule has 0 aliphatic carbocycles. The molecule has 8 nitrogen and oxygen atoms in total. The van der Waals surface area contributed by atoms with Crippen LogP contribution in [0.25, 0.3) is 0 Å². The summed E-state index contributed by atoms with van der Waals surface area (Å²) in [5, 5.41) is 2.84. The van der Waals surface area contributed by atoms with E-state index in [1.165, 1.54) is 9.80 Å². The van der Waals surface area contributed by atoms with Crippen molar-refractivity contribution in [3.8, 4) is 0 Å². The Labute approximate surface area is 189 Å². The minimum absolute atomic E-state index is 0.119. The smallest absolute Gasteiger partial charge is 0.414 e. The topological polar surface area (TPSA) is 96.0 Å². The predicted octanol–water partition coefficient (Wildman–Crippen LogP) is 3.69. The fourth-order valence-electron chi connectivity index (χ4n) is 3.95. The van der Waals surface area contributed by atoms with Gasteiger partial charge in [0.1, 0.15) is 6.61 Å².